The van der Waals surface area contributed by atoms with Crippen LogP contribution in [-0.4, -0.2) is 29.6 Å². The molecule has 0 radical (unpaired) electrons. The molecule has 0 fully saturated rings. The highest BCUT2D eigenvalue weighted by molar-refractivity contribution is 7.94. The average molecular weight is 201 g/mol. The summed E-state index contributed by atoms with van der Waals surface area (Å²) in [4.78, 5) is 0. The maximum atomic E-state index is 11.2. The van der Waals surface area contributed by atoms with Gasteiger partial charge in [0.2, 0.25) is 0 Å². The fraction of sp³-hybridized carbons (Fsp3) is 1.00. The number of rotatable bonds is 3. The zero-order chi connectivity index (χ0) is 9.28. The Kier molecular flexibility index (Phi) is 3.35. The molecule has 0 spiro atoms. The highest BCUT2D eigenvalue weighted by Gasteiger charge is 2.40. The molecule has 0 saturated heterocycles. The quantitative estimate of drug-likeness (QED) is 0.685. The van der Waals surface area contributed by atoms with Crippen LogP contribution >= 0.6 is 11.6 Å². The van der Waals surface area contributed by atoms with Gasteiger partial charge in [0.15, 0.2) is 14.0 Å². The van der Waals surface area contributed by atoms with E-state index in [2.05, 4.69) is 0 Å². The van der Waals surface area contributed by atoms with Crippen LogP contribution in [0.4, 0.5) is 0 Å². The molecule has 0 rings (SSSR count). The Labute approximate surface area is 72.3 Å². The van der Waals surface area contributed by atoms with Crippen molar-refractivity contribution >= 4 is 21.4 Å². The van der Waals surface area contributed by atoms with Gasteiger partial charge >= 0.3 is 0 Å². The number of hydrogen-bond donors (Lipinski definition) is 1. The van der Waals surface area contributed by atoms with E-state index in [1.807, 2.05) is 0 Å². The van der Waals surface area contributed by atoms with Gasteiger partial charge in [0.05, 0.1) is 6.10 Å². The first-order valence-electron chi connectivity index (χ1n) is 3.35. The Morgan fingerprint density at radius 1 is 1.64 bits per heavy atom. The minimum atomic E-state index is -3.38. The van der Waals surface area contributed by atoms with E-state index >= 15 is 0 Å². The number of sulfone groups is 1. The first kappa shape index (κ1) is 11.2. The maximum Gasteiger partial charge on any atom is 0.171 e. The maximum absolute atomic E-state index is 11.2. The van der Waals surface area contributed by atoms with Gasteiger partial charge in [-0.1, -0.05) is 18.5 Å². The van der Waals surface area contributed by atoms with Gasteiger partial charge in [-0.05, 0) is 13.8 Å². The van der Waals surface area contributed by atoms with E-state index in [0.29, 0.717) is 0 Å². The van der Waals surface area contributed by atoms with E-state index in [4.69, 9.17) is 16.7 Å². The standard InChI is InChI=1S/C6H13ClO3S/c1-4-11(9,10)6(3,7)5(2)8/h5,8H,4H2,1-3H3/t5-,6-/m1/s1. The largest absolute Gasteiger partial charge is 0.390 e. The minimum absolute atomic E-state index is 0.0576. The van der Waals surface area contributed by atoms with Crippen molar-refractivity contribution in [1.29, 1.82) is 0 Å². The zero-order valence-corrected chi connectivity index (χ0v) is 8.41. The van der Waals surface area contributed by atoms with Crippen molar-refractivity contribution in [2.45, 2.75) is 31.1 Å². The van der Waals surface area contributed by atoms with E-state index in [1.54, 1.807) is 0 Å². The predicted molar refractivity (Wildman–Crippen MR) is 45.4 cm³/mol. The fourth-order valence-electron chi connectivity index (χ4n) is 0.542. The average Bonchev–Trinajstić information content (AvgIpc) is 1.87. The van der Waals surface area contributed by atoms with Gasteiger partial charge in [-0.25, -0.2) is 8.42 Å². The van der Waals surface area contributed by atoms with Gasteiger partial charge in [-0.2, -0.15) is 0 Å². The summed E-state index contributed by atoms with van der Waals surface area (Å²) in [6.07, 6.45) is -1.06. The number of hydrogen-bond acceptors (Lipinski definition) is 3. The van der Waals surface area contributed by atoms with E-state index in [9.17, 15) is 8.42 Å². The first-order valence-corrected chi connectivity index (χ1v) is 5.38. The normalized spacial score (nSPS) is 20.8. The number of alkyl halides is 1. The minimum Gasteiger partial charge on any atom is -0.390 e. The lowest BCUT2D eigenvalue weighted by Gasteiger charge is -2.24. The van der Waals surface area contributed by atoms with Crippen LogP contribution in [0.3, 0.4) is 0 Å². The zero-order valence-electron chi connectivity index (χ0n) is 6.83. The Morgan fingerprint density at radius 3 is 2.09 bits per heavy atom. The van der Waals surface area contributed by atoms with E-state index < -0.39 is 20.1 Å². The summed E-state index contributed by atoms with van der Waals surface area (Å²) in [5.41, 5.74) is 0. The van der Waals surface area contributed by atoms with Gasteiger partial charge in [-0.3, -0.25) is 0 Å². The second kappa shape index (κ2) is 3.29. The fourth-order valence-corrected chi connectivity index (χ4v) is 1.95. The van der Waals surface area contributed by atoms with E-state index in [-0.39, 0.29) is 5.75 Å². The lowest BCUT2D eigenvalue weighted by molar-refractivity contribution is 0.180. The van der Waals surface area contributed by atoms with Crippen LogP contribution < -0.4 is 0 Å². The van der Waals surface area contributed by atoms with Crippen molar-refractivity contribution in [2.24, 2.45) is 0 Å². The summed E-state index contributed by atoms with van der Waals surface area (Å²) in [5.74, 6) is -0.0576. The lowest BCUT2D eigenvalue weighted by Crippen LogP contribution is -2.40. The Morgan fingerprint density at radius 2 is 2.00 bits per heavy atom. The highest BCUT2D eigenvalue weighted by atomic mass is 35.5. The lowest BCUT2D eigenvalue weighted by atomic mass is 10.3. The second-order valence-electron chi connectivity index (χ2n) is 2.57. The summed E-state index contributed by atoms with van der Waals surface area (Å²) in [5, 5.41) is 9.04. The van der Waals surface area contributed by atoms with Crippen LogP contribution in [0.5, 0.6) is 0 Å². The van der Waals surface area contributed by atoms with Gasteiger partial charge in [0.1, 0.15) is 0 Å². The predicted octanol–water partition coefficient (Wildman–Crippen LogP) is 0.757. The van der Waals surface area contributed by atoms with Crippen molar-refractivity contribution in [3.63, 3.8) is 0 Å². The van der Waals surface area contributed by atoms with Crippen molar-refractivity contribution in [2.75, 3.05) is 5.75 Å². The number of aliphatic hydroxyl groups excluding tert-OH is 1. The monoisotopic (exact) mass is 200 g/mol. The van der Waals surface area contributed by atoms with Crippen molar-refractivity contribution in [3.05, 3.63) is 0 Å². The van der Waals surface area contributed by atoms with Crippen LogP contribution in [0, 0.1) is 0 Å². The van der Waals surface area contributed by atoms with Gasteiger partial charge in [-0.15, -0.1) is 0 Å². The molecule has 0 heterocycles. The van der Waals surface area contributed by atoms with Crippen LogP contribution in [0.1, 0.15) is 20.8 Å². The molecule has 0 aliphatic carbocycles. The molecule has 1 N–H and O–H groups in total. The Balaban J connectivity index is 4.85. The third-order valence-electron chi connectivity index (χ3n) is 1.73. The Hall–Kier alpha value is 0.200. The molecule has 0 aliphatic rings. The molecular formula is C6H13ClO3S. The molecule has 2 atom stereocenters. The van der Waals surface area contributed by atoms with Gasteiger partial charge < -0.3 is 5.11 Å². The van der Waals surface area contributed by atoms with Crippen molar-refractivity contribution < 1.29 is 13.5 Å². The summed E-state index contributed by atoms with van der Waals surface area (Å²) in [6.45, 7) is 4.16. The molecule has 5 heteroatoms. The Bertz CT molecular complexity index is 218. The van der Waals surface area contributed by atoms with Crippen LogP contribution in [0.25, 0.3) is 0 Å². The van der Waals surface area contributed by atoms with E-state index in [0.717, 1.165) is 0 Å². The molecule has 3 nitrogen and oxygen atoms in total. The topological polar surface area (TPSA) is 54.4 Å². The van der Waals surface area contributed by atoms with Crippen LogP contribution in [0.15, 0.2) is 0 Å². The van der Waals surface area contributed by atoms with Gasteiger partial charge in [0, 0.05) is 5.75 Å². The SMILES string of the molecule is CCS(=O)(=O)[C@@](C)(Cl)[C@@H](C)O. The smallest absolute Gasteiger partial charge is 0.171 e. The molecular weight excluding hydrogens is 188 g/mol. The molecule has 11 heavy (non-hydrogen) atoms. The first-order chi connectivity index (χ1) is 4.75. The molecule has 0 aromatic rings. The molecule has 68 valence electrons. The van der Waals surface area contributed by atoms with Gasteiger partial charge in [0.25, 0.3) is 0 Å². The molecule has 0 aromatic carbocycles. The summed E-state index contributed by atoms with van der Waals surface area (Å²) in [6, 6.07) is 0. The molecule has 0 aromatic heterocycles. The molecule has 0 unspecified atom stereocenters. The number of halogens is 1. The second-order valence-corrected chi connectivity index (χ2v) is 6.23. The molecule has 0 amide bonds. The number of aliphatic hydroxyl groups is 1. The van der Waals surface area contributed by atoms with E-state index in [1.165, 1.54) is 20.8 Å². The summed E-state index contributed by atoms with van der Waals surface area (Å²) >= 11 is 5.62. The summed E-state index contributed by atoms with van der Waals surface area (Å²) in [7, 11) is -3.38. The molecule has 0 saturated carbocycles. The van der Waals surface area contributed by atoms with Crippen LogP contribution in [0.2, 0.25) is 0 Å². The summed E-state index contributed by atoms with van der Waals surface area (Å²) < 4.78 is 20.8. The van der Waals surface area contributed by atoms with Crippen LogP contribution in [-0.2, 0) is 9.84 Å². The molecule has 0 bridgehead atoms. The third kappa shape index (κ3) is 2.07. The highest BCUT2D eigenvalue weighted by Crippen LogP contribution is 2.26. The van der Waals surface area contributed by atoms with Crippen molar-refractivity contribution in [1.82, 2.24) is 0 Å². The molecule has 0 aliphatic heterocycles. The van der Waals surface area contributed by atoms with Crippen molar-refractivity contribution in [3.8, 4) is 0 Å². The third-order valence-corrected chi connectivity index (χ3v) is 5.07.